The van der Waals surface area contributed by atoms with Crippen molar-refractivity contribution in [3.8, 4) is 29.1 Å². The minimum absolute atomic E-state index is 0.00575. The Morgan fingerprint density at radius 3 is 2.70 bits per heavy atom. The summed E-state index contributed by atoms with van der Waals surface area (Å²) in [5.41, 5.74) is 0.691. The van der Waals surface area contributed by atoms with Crippen molar-refractivity contribution >= 4 is 22.8 Å². The minimum Gasteiger partial charge on any atom is -0.424 e. The molecule has 0 saturated carbocycles. The molecule has 0 N–H and O–H groups in total. The van der Waals surface area contributed by atoms with Crippen LogP contribution in [0, 0.1) is 17.1 Å². The third-order valence-electron chi connectivity index (χ3n) is 4.23. The number of fused-ring (bicyclic) bond motifs is 1. The zero-order valence-corrected chi connectivity index (χ0v) is 16.2. The second-order valence-electron chi connectivity index (χ2n) is 6.25. The number of hydrogen-bond donors (Lipinski definition) is 0. The molecule has 0 radical (unpaired) electrons. The first kappa shape index (κ1) is 19.5. The first-order chi connectivity index (χ1) is 14.5. The molecule has 0 saturated heterocycles. The molecular weight excluding hydrogens is 409 g/mol. The normalized spacial score (nSPS) is 10.7. The van der Waals surface area contributed by atoms with Crippen molar-refractivity contribution < 1.29 is 9.13 Å². The third-order valence-corrected chi connectivity index (χ3v) is 4.47. The summed E-state index contributed by atoms with van der Waals surface area (Å²) in [7, 11) is 0. The van der Waals surface area contributed by atoms with Crippen LogP contribution in [-0.4, -0.2) is 19.5 Å². The van der Waals surface area contributed by atoms with Crippen LogP contribution in [0.3, 0.4) is 0 Å². The highest BCUT2D eigenvalue weighted by Crippen LogP contribution is 2.23. The molecule has 0 aliphatic heterocycles. The Bertz CT molecular complexity index is 1330. The lowest BCUT2D eigenvalue weighted by atomic mass is 10.1. The summed E-state index contributed by atoms with van der Waals surface area (Å²) in [5, 5.41) is 9.48. The molecule has 4 rings (SSSR count). The van der Waals surface area contributed by atoms with Gasteiger partial charge in [-0.3, -0.25) is 9.36 Å². The minimum atomic E-state index is -0.447. The summed E-state index contributed by atoms with van der Waals surface area (Å²) < 4.78 is 20.3. The first-order valence-electron chi connectivity index (χ1n) is 8.89. The maximum atomic E-state index is 13.3. The number of benzene rings is 2. The molecule has 4 aromatic rings. The van der Waals surface area contributed by atoms with Gasteiger partial charge in [-0.1, -0.05) is 17.7 Å². The van der Waals surface area contributed by atoms with Gasteiger partial charge in [0.2, 0.25) is 0 Å². The molecular formula is C21H13ClFN5O2. The summed E-state index contributed by atoms with van der Waals surface area (Å²) in [5.74, 6) is 0.0131. The molecule has 0 unspecified atom stereocenters. The molecule has 0 atom stereocenters. The molecule has 0 aliphatic rings. The zero-order chi connectivity index (χ0) is 21.1. The van der Waals surface area contributed by atoms with Crippen LogP contribution >= 0.6 is 11.6 Å². The highest BCUT2D eigenvalue weighted by atomic mass is 35.5. The number of nitrogens with zero attached hydrogens (tertiary/aromatic N) is 5. The van der Waals surface area contributed by atoms with Crippen LogP contribution in [0.4, 0.5) is 4.39 Å². The average Bonchev–Trinajstić information content (AvgIpc) is 2.74. The summed E-state index contributed by atoms with van der Waals surface area (Å²) in [6, 6.07) is 14.2. The maximum Gasteiger partial charge on any atom is 0.324 e. The van der Waals surface area contributed by atoms with Crippen LogP contribution in [0.15, 0.2) is 59.5 Å². The molecule has 0 spiro atoms. The van der Waals surface area contributed by atoms with Gasteiger partial charge >= 0.3 is 6.01 Å². The number of hydrogen-bond acceptors (Lipinski definition) is 6. The van der Waals surface area contributed by atoms with Crippen molar-refractivity contribution in [1.29, 1.82) is 5.26 Å². The number of aromatic nitrogens is 4. The van der Waals surface area contributed by atoms with Crippen LogP contribution in [0.5, 0.6) is 11.8 Å². The highest BCUT2D eigenvalue weighted by molar-refractivity contribution is 6.30. The first-order valence-corrected chi connectivity index (χ1v) is 9.27. The van der Waals surface area contributed by atoms with Crippen molar-refractivity contribution in [1.82, 2.24) is 19.5 Å². The van der Waals surface area contributed by atoms with Crippen molar-refractivity contribution in [2.24, 2.45) is 0 Å². The van der Waals surface area contributed by atoms with Gasteiger partial charge < -0.3 is 4.74 Å². The van der Waals surface area contributed by atoms with E-state index in [9.17, 15) is 9.18 Å². The number of halogens is 2. The van der Waals surface area contributed by atoms with Gasteiger partial charge in [0.15, 0.2) is 5.65 Å². The number of rotatable bonds is 5. The van der Waals surface area contributed by atoms with E-state index in [4.69, 9.17) is 21.6 Å². The van der Waals surface area contributed by atoms with E-state index in [0.717, 1.165) is 0 Å². The third kappa shape index (κ3) is 3.97. The lowest BCUT2D eigenvalue weighted by Crippen LogP contribution is -2.24. The molecule has 0 bridgehead atoms. The maximum absolute atomic E-state index is 13.3. The SMILES string of the molecule is N#CCCn1c(=O)c(-c2ccc(F)cc2)nc2cnc(Oc3cccc(Cl)c3)nc21. The molecule has 0 aliphatic carbocycles. The van der Waals surface area contributed by atoms with Gasteiger partial charge in [0, 0.05) is 17.1 Å². The summed E-state index contributed by atoms with van der Waals surface area (Å²) in [4.78, 5) is 25.9. The predicted molar refractivity (Wildman–Crippen MR) is 109 cm³/mol. The van der Waals surface area contributed by atoms with Crippen LogP contribution in [0.25, 0.3) is 22.4 Å². The Labute approximate surface area is 175 Å². The van der Waals surface area contributed by atoms with E-state index in [1.807, 2.05) is 6.07 Å². The summed E-state index contributed by atoms with van der Waals surface area (Å²) in [6.45, 7) is 0.107. The Balaban J connectivity index is 1.84. The summed E-state index contributed by atoms with van der Waals surface area (Å²) in [6.07, 6.45) is 1.52. The molecule has 2 aromatic heterocycles. The largest absolute Gasteiger partial charge is 0.424 e. The van der Waals surface area contributed by atoms with Gasteiger partial charge in [0.05, 0.1) is 18.7 Å². The molecule has 30 heavy (non-hydrogen) atoms. The Morgan fingerprint density at radius 1 is 1.17 bits per heavy atom. The number of ether oxygens (including phenoxy) is 1. The van der Waals surface area contributed by atoms with Gasteiger partial charge in [0.25, 0.3) is 5.56 Å². The van der Waals surface area contributed by atoms with Gasteiger partial charge in [0.1, 0.15) is 22.8 Å². The molecule has 7 nitrogen and oxygen atoms in total. The van der Waals surface area contributed by atoms with Crippen LogP contribution in [0.2, 0.25) is 5.02 Å². The quantitative estimate of drug-likeness (QED) is 0.475. The Hall–Kier alpha value is -3.83. The summed E-state index contributed by atoms with van der Waals surface area (Å²) >= 11 is 5.96. The molecule has 2 heterocycles. The highest BCUT2D eigenvalue weighted by Gasteiger charge is 2.16. The van der Waals surface area contributed by atoms with Crippen LogP contribution in [0.1, 0.15) is 6.42 Å². The fourth-order valence-corrected chi connectivity index (χ4v) is 3.05. The van der Waals surface area contributed by atoms with Crippen molar-refractivity contribution in [3.63, 3.8) is 0 Å². The van der Waals surface area contributed by atoms with E-state index >= 15 is 0 Å². The molecule has 2 aromatic carbocycles. The second kappa shape index (κ2) is 8.27. The van der Waals surface area contributed by atoms with E-state index in [-0.39, 0.29) is 30.3 Å². The van der Waals surface area contributed by atoms with Gasteiger partial charge in [-0.15, -0.1) is 0 Å². The fourth-order valence-electron chi connectivity index (χ4n) is 2.87. The number of nitriles is 1. The van der Waals surface area contributed by atoms with Gasteiger partial charge in [-0.2, -0.15) is 10.2 Å². The van der Waals surface area contributed by atoms with Crippen molar-refractivity contribution in [2.45, 2.75) is 13.0 Å². The number of aryl methyl sites for hydroxylation is 1. The van der Waals surface area contributed by atoms with E-state index in [1.54, 1.807) is 24.3 Å². The van der Waals surface area contributed by atoms with E-state index in [0.29, 0.717) is 21.9 Å². The van der Waals surface area contributed by atoms with E-state index in [1.165, 1.54) is 35.0 Å². The molecule has 9 heteroatoms. The zero-order valence-electron chi connectivity index (χ0n) is 15.4. The second-order valence-corrected chi connectivity index (χ2v) is 6.69. The Kier molecular flexibility index (Phi) is 5.37. The van der Waals surface area contributed by atoms with E-state index < -0.39 is 11.4 Å². The lowest BCUT2D eigenvalue weighted by Gasteiger charge is -2.11. The lowest BCUT2D eigenvalue weighted by molar-refractivity contribution is 0.442. The average molecular weight is 422 g/mol. The topological polar surface area (TPSA) is 93.7 Å². The predicted octanol–water partition coefficient (Wildman–Crippen LogP) is 4.35. The van der Waals surface area contributed by atoms with Crippen molar-refractivity contribution in [2.75, 3.05) is 0 Å². The van der Waals surface area contributed by atoms with Crippen LogP contribution < -0.4 is 10.3 Å². The van der Waals surface area contributed by atoms with Gasteiger partial charge in [-0.25, -0.2) is 14.4 Å². The molecule has 148 valence electrons. The molecule has 0 amide bonds. The van der Waals surface area contributed by atoms with E-state index in [2.05, 4.69) is 15.0 Å². The fraction of sp³-hybridized carbons (Fsp3) is 0.0952. The van der Waals surface area contributed by atoms with Gasteiger partial charge in [-0.05, 0) is 42.5 Å². The molecule has 0 fully saturated rings. The standard InChI is InChI=1S/C21H13ClFN5O2/c22-14-3-1-4-16(11-14)30-21-25-12-17-19(27-21)28(10-2-9-24)20(29)18(26-17)13-5-7-15(23)8-6-13/h1,3-8,11-12H,2,10H2. The Morgan fingerprint density at radius 2 is 1.97 bits per heavy atom. The van der Waals surface area contributed by atoms with Crippen molar-refractivity contribution in [3.05, 3.63) is 75.9 Å². The smallest absolute Gasteiger partial charge is 0.324 e. The van der Waals surface area contributed by atoms with Crippen LogP contribution in [-0.2, 0) is 6.54 Å². The monoisotopic (exact) mass is 421 g/mol.